The van der Waals surface area contributed by atoms with Crippen LogP contribution in [0, 0.1) is 0 Å². The molecule has 2 aliphatic carbocycles. The molecule has 0 spiro atoms. The average molecular weight is 771 g/mol. The van der Waals surface area contributed by atoms with Crippen LogP contribution in [0.5, 0.6) is 0 Å². The number of benzene rings is 6. The smallest absolute Gasteiger partial charge is 1.00 e. The van der Waals surface area contributed by atoms with Gasteiger partial charge in [0.25, 0.3) is 0 Å². The fourth-order valence-corrected chi connectivity index (χ4v) is 21.4. The minimum absolute atomic E-state index is 0. The van der Waals surface area contributed by atoms with Crippen molar-refractivity contribution in [2.45, 2.75) is 7.25 Å². The summed E-state index contributed by atoms with van der Waals surface area (Å²) in [7, 11) is -3.35. The van der Waals surface area contributed by atoms with E-state index >= 15 is 0 Å². The van der Waals surface area contributed by atoms with Gasteiger partial charge in [-0.1, -0.05) is 0 Å². The van der Waals surface area contributed by atoms with Gasteiger partial charge in [0.1, 0.15) is 0 Å². The molecule has 5 heteroatoms. The molecule has 0 aromatic heterocycles. The van der Waals surface area contributed by atoms with E-state index < -0.39 is 38.9 Å². The molecule has 0 radical (unpaired) electrons. The van der Waals surface area contributed by atoms with Crippen molar-refractivity contribution in [1.29, 1.82) is 0 Å². The van der Waals surface area contributed by atoms with Gasteiger partial charge in [0.2, 0.25) is 0 Å². The van der Waals surface area contributed by atoms with Gasteiger partial charge in [-0.3, -0.25) is 0 Å². The van der Waals surface area contributed by atoms with Crippen LogP contribution < -0.4 is 45.6 Å². The molecule has 0 heterocycles. The van der Waals surface area contributed by atoms with Crippen LogP contribution in [0.15, 0.2) is 182 Å². The third-order valence-electron chi connectivity index (χ3n) is 9.86. The second-order valence-corrected chi connectivity index (χ2v) is 24.0. The van der Waals surface area contributed by atoms with Crippen molar-refractivity contribution < 1.29 is 46.1 Å². The van der Waals surface area contributed by atoms with Gasteiger partial charge in [0.15, 0.2) is 0 Å². The number of halogens is 2. The largest absolute Gasteiger partial charge is 1.00 e. The molecule has 234 valence electrons. The Morgan fingerprint density at radius 1 is 0.375 bits per heavy atom. The van der Waals surface area contributed by atoms with Crippen molar-refractivity contribution in [2.75, 3.05) is 0 Å². The van der Waals surface area contributed by atoms with Crippen LogP contribution in [0.25, 0.3) is 10.4 Å². The van der Waals surface area contributed by atoms with Gasteiger partial charge in [-0.15, -0.1) is 0 Å². The SMILES string of the molecule is [CH2]=[Zr+2]([CH]1C=C([SiH](c2ccccc2)c2ccccc2)c2ccccc21)[CH]1C=C([SiH](c2ccccc2)c2ccccc2)c2ccccc21.[Cl-].[Cl-]. The van der Waals surface area contributed by atoms with Crippen LogP contribution in [-0.2, 0) is 21.3 Å². The first kappa shape index (κ1) is 34.4. The summed E-state index contributed by atoms with van der Waals surface area (Å²) >= 11 is -2.44. The monoisotopic (exact) mass is 768 g/mol. The zero-order chi connectivity index (χ0) is 30.9. The van der Waals surface area contributed by atoms with Crippen molar-refractivity contribution in [3.8, 4) is 0 Å². The molecule has 48 heavy (non-hydrogen) atoms. The summed E-state index contributed by atoms with van der Waals surface area (Å²) in [4.78, 5) is 0. The third-order valence-corrected chi connectivity index (χ3v) is 22.6. The number of hydrogen-bond acceptors (Lipinski definition) is 0. The van der Waals surface area contributed by atoms with Gasteiger partial charge < -0.3 is 24.8 Å². The summed E-state index contributed by atoms with van der Waals surface area (Å²) in [6.07, 6.45) is 5.42. The molecule has 0 fully saturated rings. The minimum atomic E-state index is -2.44. The van der Waals surface area contributed by atoms with Crippen LogP contribution in [0.2, 0.25) is 0 Å². The summed E-state index contributed by atoms with van der Waals surface area (Å²) in [6, 6.07) is 63.6. The fraction of sp³-hybridized carbons (Fsp3) is 0.0465. The zero-order valence-corrected chi connectivity index (χ0v) is 32.9. The summed E-state index contributed by atoms with van der Waals surface area (Å²) < 4.78 is 6.10. The Morgan fingerprint density at radius 2 is 0.646 bits per heavy atom. The van der Waals surface area contributed by atoms with Gasteiger partial charge in [-0.25, -0.2) is 0 Å². The summed E-state index contributed by atoms with van der Waals surface area (Å²) in [5.41, 5.74) is 5.97. The Kier molecular flexibility index (Phi) is 11.1. The molecule has 6 aromatic carbocycles. The van der Waals surface area contributed by atoms with Gasteiger partial charge >= 0.3 is 286 Å². The molecule has 2 atom stereocenters. The topological polar surface area (TPSA) is 0 Å². The van der Waals surface area contributed by atoms with Crippen molar-refractivity contribution in [2.24, 2.45) is 0 Å². The van der Waals surface area contributed by atoms with E-state index in [-0.39, 0.29) is 24.8 Å². The van der Waals surface area contributed by atoms with Crippen LogP contribution in [0.3, 0.4) is 0 Å². The maximum absolute atomic E-state index is 5.22. The summed E-state index contributed by atoms with van der Waals surface area (Å²) in [6.45, 7) is 0. The van der Waals surface area contributed by atoms with Gasteiger partial charge in [-0.05, 0) is 0 Å². The second-order valence-electron chi connectivity index (χ2n) is 12.5. The Balaban J connectivity index is 0.00000201. The van der Waals surface area contributed by atoms with E-state index in [1.54, 1.807) is 10.4 Å². The standard InChI is InChI=1S/2C21H17Si.CH2.2ClH.Zr/c2*1-3-10-18(11-4-1)22(19-12-5-2-6-13-19)21-16-15-17-9-7-8-14-20(17)21;;;;/h2*1-16,22H;1H2;2*1H;/q;;;;;+2/p-2. The molecule has 2 unspecified atom stereocenters. The molecule has 0 amide bonds. The van der Waals surface area contributed by atoms with Gasteiger partial charge in [0.05, 0.1) is 0 Å². The Labute approximate surface area is 308 Å². The van der Waals surface area contributed by atoms with E-state index in [2.05, 4.69) is 182 Å². The molecule has 8 rings (SSSR count). The zero-order valence-electron chi connectivity index (χ0n) is 26.6. The minimum Gasteiger partial charge on any atom is -1.00 e. The predicted octanol–water partition coefficient (Wildman–Crippen LogP) is 0.483. The Hall–Kier alpha value is -3.43. The summed E-state index contributed by atoms with van der Waals surface area (Å²) in [5, 5.41) is 9.09. The first-order chi connectivity index (χ1) is 22.8. The van der Waals surface area contributed by atoms with Crippen LogP contribution in [0.1, 0.15) is 29.5 Å². The predicted molar refractivity (Wildman–Crippen MR) is 200 cm³/mol. The van der Waals surface area contributed by atoms with E-state index in [0.29, 0.717) is 7.25 Å². The molecule has 0 saturated heterocycles. The van der Waals surface area contributed by atoms with E-state index in [9.17, 15) is 0 Å². The molecule has 0 N–H and O–H groups in total. The van der Waals surface area contributed by atoms with Gasteiger partial charge in [-0.2, -0.15) is 0 Å². The number of allylic oxidation sites excluding steroid dienone is 2. The van der Waals surface area contributed by atoms with Gasteiger partial charge in [0, 0.05) is 0 Å². The molecular weight excluding hydrogens is 735 g/mol. The molecule has 6 aromatic rings. The normalized spacial score (nSPS) is 15.7. The number of hydrogen-bond donors (Lipinski definition) is 0. The fourth-order valence-electron chi connectivity index (χ4n) is 7.78. The van der Waals surface area contributed by atoms with Crippen molar-refractivity contribution in [1.82, 2.24) is 0 Å². The second kappa shape index (κ2) is 15.4. The van der Waals surface area contributed by atoms with Crippen LogP contribution >= 0.6 is 0 Å². The Bertz CT molecular complexity index is 1850. The first-order valence-corrected chi connectivity index (χ1v) is 24.3. The Morgan fingerprint density at radius 3 is 0.958 bits per heavy atom. The summed E-state index contributed by atoms with van der Waals surface area (Å²) in [5.74, 6) is 0. The average Bonchev–Trinajstić information content (AvgIpc) is 3.70. The quantitative estimate of drug-likeness (QED) is 0.198. The number of fused-ring (bicyclic) bond motifs is 2. The van der Waals surface area contributed by atoms with E-state index in [4.69, 9.17) is 4.21 Å². The van der Waals surface area contributed by atoms with Crippen LogP contribution in [0.4, 0.5) is 0 Å². The molecule has 0 saturated carbocycles. The maximum atomic E-state index is 5.22. The third kappa shape index (κ3) is 6.48. The molecular formula is C43H36Cl2Si2Zr. The van der Waals surface area contributed by atoms with E-state index in [1.165, 1.54) is 43.0 Å². The van der Waals surface area contributed by atoms with E-state index in [1.807, 2.05) is 0 Å². The molecule has 0 nitrogen and oxygen atoms in total. The van der Waals surface area contributed by atoms with Crippen LogP contribution in [-0.4, -0.2) is 21.8 Å². The molecule has 0 aliphatic heterocycles. The van der Waals surface area contributed by atoms with Crippen molar-refractivity contribution in [3.05, 3.63) is 204 Å². The molecule has 0 bridgehead atoms. The maximum Gasteiger partial charge on any atom is -1.00 e. The van der Waals surface area contributed by atoms with Crippen molar-refractivity contribution >= 4 is 52.9 Å². The molecule has 2 aliphatic rings. The number of rotatable bonds is 8. The van der Waals surface area contributed by atoms with E-state index in [0.717, 1.165) is 0 Å². The van der Waals surface area contributed by atoms with Crippen molar-refractivity contribution in [3.63, 3.8) is 0 Å². The first-order valence-electron chi connectivity index (χ1n) is 16.3.